The maximum absolute atomic E-state index is 12.3. The highest BCUT2D eigenvalue weighted by Gasteiger charge is 2.26. The van der Waals surface area contributed by atoms with E-state index in [1.165, 1.54) is 0 Å². The van der Waals surface area contributed by atoms with Crippen LogP contribution in [-0.4, -0.2) is 48.3 Å². The van der Waals surface area contributed by atoms with Gasteiger partial charge in [0.2, 0.25) is 5.91 Å². The van der Waals surface area contributed by atoms with Gasteiger partial charge in [-0.3, -0.25) is 9.59 Å². The van der Waals surface area contributed by atoms with Crippen LogP contribution < -0.4 is 10.2 Å². The normalized spacial score (nSPS) is 15.3. The molecule has 0 aliphatic carbocycles. The molecule has 1 saturated heterocycles. The van der Waals surface area contributed by atoms with Crippen molar-refractivity contribution in [1.29, 1.82) is 0 Å². The average Bonchev–Trinajstić information content (AvgIpc) is 2.46. The molecule has 7 nitrogen and oxygen atoms in total. The molecule has 1 fully saturated rings. The van der Waals surface area contributed by atoms with Gasteiger partial charge in [0.15, 0.2) is 5.82 Å². The van der Waals surface area contributed by atoms with Crippen LogP contribution in [0.15, 0.2) is 18.3 Å². The summed E-state index contributed by atoms with van der Waals surface area (Å²) in [6.07, 6.45) is 1.77. The molecule has 1 aliphatic heterocycles. The van der Waals surface area contributed by atoms with Gasteiger partial charge in [-0.05, 0) is 17.5 Å². The molecule has 1 aromatic heterocycles. The van der Waals surface area contributed by atoms with E-state index in [-0.39, 0.29) is 18.7 Å². The van der Waals surface area contributed by atoms with E-state index in [1.807, 2.05) is 0 Å². The number of aromatic nitrogens is 1. The Kier molecular flexibility index (Phi) is 5.54. The van der Waals surface area contributed by atoms with Gasteiger partial charge in [-0.15, -0.1) is 0 Å². The smallest absolute Gasteiger partial charge is 0.303 e. The molecule has 2 rings (SSSR count). The van der Waals surface area contributed by atoms with Crippen LogP contribution >= 0.6 is 0 Å². The van der Waals surface area contributed by atoms with Gasteiger partial charge in [0.25, 0.3) is 0 Å². The third kappa shape index (κ3) is 5.21. The minimum atomic E-state index is -0.904. The van der Waals surface area contributed by atoms with Crippen molar-refractivity contribution < 1.29 is 19.4 Å². The number of anilines is 2. The third-order valence-corrected chi connectivity index (χ3v) is 3.64. The van der Waals surface area contributed by atoms with Crippen LogP contribution in [-0.2, 0) is 14.3 Å². The molecule has 1 aromatic rings. The maximum Gasteiger partial charge on any atom is 0.303 e. The predicted molar refractivity (Wildman–Crippen MR) is 86.5 cm³/mol. The number of nitrogens with one attached hydrogen (secondary N) is 1. The number of hydrogen-bond donors (Lipinski definition) is 2. The summed E-state index contributed by atoms with van der Waals surface area (Å²) in [4.78, 5) is 29.6. The SMILES string of the molecule is CC(C)(CC(=O)O)CC(=O)Nc1cccnc1N1CCOCC1. The van der Waals surface area contributed by atoms with Gasteiger partial charge >= 0.3 is 5.97 Å². The number of amides is 1. The monoisotopic (exact) mass is 321 g/mol. The summed E-state index contributed by atoms with van der Waals surface area (Å²) in [6, 6.07) is 3.57. The molecule has 0 radical (unpaired) electrons. The summed E-state index contributed by atoms with van der Waals surface area (Å²) in [5, 5.41) is 11.8. The molecule has 1 aliphatic rings. The quantitative estimate of drug-likeness (QED) is 0.829. The molecular weight excluding hydrogens is 298 g/mol. The first-order chi connectivity index (χ1) is 10.9. The number of carboxylic acids is 1. The average molecular weight is 321 g/mol. The molecule has 0 unspecified atom stereocenters. The fourth-order valence-electron chi connectivity index (χ4n) is 2.62. The molecule has 0 bridgehead atoms. The lowest BCUT2D eigenvalue weighted by molar-refractivity contribution is -0.139. The second-order valence-corrected chi connectivity index (χ2v) is 6.43. The van der Waals surface area contributed by atoms with Gasteiger partial charge in [-0.2, -0.15) is 0 Å². The highest BCUT2D eigenvalue weighted by atomic mass is 16.5. The van der Waals surface area contributed by atoms with Crippen molar-refractivity contribution in [2.45, 2.75) is 26.7 Å². The van der Waals surface area contributed by atoms with E-state index < -0.39 is 11.4 Å². The highest BCUT2D eigenvalue weighted by Crippen LogP contribution is 2.28. The Hall–Kier alpha value is -2.15. The number of carbonyl (C=O) groups is 2. The van der Waals surface area contributed by atoms with E-state index in [2.05, 4.69) is 15.2 Å². The summed E-state index contributed by atoms with van der Waals surface area (Å²) < 4.78 is 5.33. The standard InChI is InChI=1S/C16H23N3O4/c1-16(2,11-14(21)22)10-13(20)18-12-4-3-5-17-15(12)19-6-8-23-9-7-19/h3-5H,6-11H2,1-2H3,(H,18,20)(H,21,22). The van der Waals surface area contributed by atoms with E-state index in [1.54, 1.807) is 32.2 Å². The first kappa shape index (κ1) is 17.2. The van der Waals surface area contributed by atoms with Crippen molar-refractivity contribution in [3.63, 3.8) is 0 Å². The van der Waals surface area contributed by atoms with Crippen LogP contribution in [0.3, 0.4) is 0 Å². The van der Waals surface area contributed by atoms with Crippen LogP contribution in [0.2, 0.25) is 0 Å². The predicted octanol–water partition coefficient (Wildman–Crippen LogP) is 1.75. The van der Waals surface area contributed by atoms with Crippen molar-refractivity contribution in [1.82, 2.24) is 4.98 Å². The lowest BCUT2D eigenvalue weighted by Gasteiger charge is -2.29. The summed E-state index contributed by atoms with van der Waals surface area (Å²) in [5.41, 5.74) is 0.0441. The maximum atomic E-state index is 12.3. The number of ether oxygens (including phenoxy) is 1. The van der Waals surface area contributed by atoms with Crippen LogP contribution in [0.25, 0.3) is 0 Å². The lowest BCUT2D eigenvalue weighted by Crippen LogP contribution is -2.37. The first-order valence-electron chi connectivity index (χ1n) is 7.67. The van der Waals surface area contributed by atoms with Crippen LogP contribution in [0.4, 0.5) is 11.5 Å². The molecule has 0 spiro atoms. The molecule has 2 heterocycles. The molecule has 2 N–H and O–H groups in total. The Balaban J connectivity index is 2.04. The van der Waals surface area contributed by atoms with E-state index in [4.69, 9.17) is 9.84 Å². The molecule has 126 valence electrons. The zero-order valence-corrected chi connectivity index (χ0v) is 13.5. The third-order valence-electron chi connectivity index (χ3n) is 3.64. The summed E-state index contributed by atoms with van der Waals surface area (Å²) in [6.45, 7) is 6.26. The number of rotatable bonds is 6. The number of pyridine rings is 1. The molecule has 1 amide bonds. The zero-order valence-electron chi connectivity index (χ0n) is 13.5. The molecule has 23 heavy (non-hydrogen) atoms. The number of carbonyl (C=O) groups excluding carboxylic acids is 1. The number of hydrogen-bond acceptors (Lipinski definition) is 5. The fourth-order valence-corrected chi connectivity index (χ4v) is 2.62. The minimum Gasteiger partial charge on any atom is -0.481 e. The minimum absolute atomic E-state index is 0.0518. The zero-order chi connectivity index (χ0) is 16.9. The van der Waals surface area contributed by atoms with Gasteiger partial charge in [0.1, 0.15) is 0 Å². The number of morpholine rings is 1. The van der Waals surface area contributed by atoms with Crippen LogP contribution in [0.1, 0.15) is 26.7 Å². The van der Waals surface area contributed by atoms with E-state index >= 15 is 0 Å². The number of carboxylic acid groups (broad SMARTS) is 1. The molecule has 0 atom stereocenters. The van der Waals surface area contributed by atoms with Gasteiger partial charge in [0, 0.05) is 25.7 Å². The summed E-state index contributed by atoms with van der Waals surface area (Å²) in [5.74, 6) is -0.392. The fraction of sp³-hybridized carbons (Fsp3) is 0.562. The van der Waals surface area contributed by atoms with Gasteiger partial charge in [0.05, 0.1) is 25.3 Å². The molecular formula is C16H23N3O4. The largest absolute Gasteiger partial charge is 0.481 e. The van der Waals surface area contributed by atoms with Crippen molar-refractivity contribution in [3.05, 3.63) is 18.3 Å². The van der Waals surface area contributed by atoms with Crippen molar-refractivity contribution in [3.8, 4) is 0 Å². The van der Waals surface area contributed by atoms with Crippen molar-refractivity contribution >= 4 is 23.4 Å². The van der Waals surface area contributed by atoms with Gasteiger partial charge in [-0.1, -0.05) is 13.8 Å². The molecule has 0 aromatic carbocycles. The van der Waals surface area contributed by atoms with Crippen LogP contribution in [0, 0.1) is 5.41 Å². The summed E-state index contributed by atoms with van der Waals surface area (Å²) >= 11 is 0. The van der Waals surface area contributed by atoms with Gasteiger partial charge in [-0.25, -0.2) is 4.98 Å². The topological polar surface area (TPSA) is 91.8 Å². The first-order valence-corrected chi connectivity index (χ1v) is 7.67. The van der Waals surface area contributed by atoms with Crippen LogP contribution in [0.5, 0.6) is 0 Å². The Bertz CT molecular complexity index is 568. The van der Waals surface area contributed by atoms with E-state index in [0.717, 1.165) is 18.9 Å². The Labute approximate surface area is 135 Å². The Morgan fingerprint density at radius 1 is 1.35 bits per heavy atom. The van der Waals surface area contributed by atoms with Crippen molar-refractivity contribution in [2.75, 3.05) is 36.5 Å². The molecule has 0 saturated carbocycles. The lowest BCUT2D eigenvalue weighted by atomic mass is 9.85. The Morgan fingerprint density at radius 3 is 2.70 bits per heavy atom. The van der Waals surface area contributed by atoms with E-state index in [0.29, 0.717) is 18.9 Å². The molecule has 7 heteroatoms. The summed E-state index contributed by atoms with van der Waals surface area (Å²) in [7, 11) is 0. The number of nitrogens with zero attached hydrogens (tertiary/aromatic N) is 2. The van der Waals surface area contributed by atoms with E-state index in [9.17, 15) is 9.59 Å². The van der Waals surface area contributed by atoms with Gasteiger partial charge < -0.3 is 20.1 Å². The van der Waals surface area contributed by atoms with Crippen molar-refractivity contribution in [2.24, 2.45) is 5.41 Å². The second-order valence-electron chi connectivity index (χ2n) is 6.43. The number of aliphatic carboxylic acids is 1. The highest BCUT2D eigenvalue weighted by molar-refractivity contribution is 5.94. The second kappa shape index (κ2) is 7.41. The Morgan fingerprint density at radius 2 is 2.04 bits per heavy atom.